The van der Waals surface area contributed by atoms with Crippen molar-refractivity contribution < 1.29 is 9.59 Å². The highest BCUT2D eigenvalue weighted by Gasteiger charge is 2.35. The van der Waals surface area contributed by atoms with Gasteiger partial charge in [0, 0.05) is 19.3 Å². The molecule has 0 fully saturated rings. The van der Waals surface area contributed by atoms with Crippen molar-refractivity contribution >= 4 is 30.8 Å². The summed E-state index contributed by atoms with van der Waals surface area (Å²) in [6.45, 7) is 2.49. The van der Waals surface area contributed by atoms with E-state index in [9.17, 15) is 9.59 Å². The molecule has 18 heavy (non-hydrogen) atoms. The lowest BCUT2D eigenvalue weighted by Crippen LogP contribution is -2.30. The number of nitrogens with zero attached hydrogens (tertiary/aromatic N) is 1. The monoisotopic (exact) mass is 242 g/mol. The van der Waals surface area contributed by atoms with Crippen LogP contribution in [0, 0.1) is 0 Å². The molecule has 0 atom stereocenters. The minimum atomic E-state index is -0.238. The van der Waals surface area contributed by atoms with E-state index in [0.29, 0.717) is 28.8 Å². The number of fused-ring (bicyclic) bond motifs is 1. The summed E-state index contributed by atoms with van der Waals surface area (Å²) < 4.78 is 0. The second-order valence-electron chi connectivity index (χ2n) is 4.35. The van der Waals surface area contributed by atoms with Gasteiger partial charge in [-0.05, 0) is 12.5 Å². The van der Waals surface area contributed by atoms with Crippen molar-refractivity contribution in [3.05, 3.63) is 23.3 Å². The van der Waals surface area contributed by atoms with E-state index in [1.807, 2.05) is 6.92 Å². The molecule has 1 N–H and O–H groups in total. The Kier molecular flexibility index (Phi) is 3.41. The number of unbranched alkanes of at least 4 members (excludes halogenated alkanes) is 1. The number of anilines is 1. The molecule has 1 aromatic carbocycles. The molecule has 0 aliphatic carbocycles. The van der Waals surface area contributed by atoms with Gasteiger partial charge >= 0.3 is 0 Å². The van der Waals surface area contributed by atoms with Gasteiger partial charge < -0.3 is 5.32 Å². The van der Waals surface area contributed by atoms with E-state index < -0.39 is 0 Å². The summed E-state index contributed by atoms with van der Waals surface area (Å²) in [5.41, 5.74) is 2.00. The molecule has 1 heterocycles. The van der Waals surface area contributed by atoms with Crippen LogP contribution < -0.4 is 10.8 Å². The highest BCUT2D eigenvalue weighted by Crippen LogP contribution is 2.24. The Bertz CT molecular complexity index is 514. The Morgan fingerprint density at radius 1 is 1.22 bits per heavy atom. The van der Waals surface area contributed by atoms with Crippen LogP contribution in [-0.2, 0) is 0 Å². The zero-order valence-electron chi connectivity index (χ0n) is 10.6. The van der Waals surface area contributed by atoms with E-state index in [1.54, 1.807) is 19.2 Å². The molecule has 2 rings (SSSR count). The third-order valence-corrected chi connectivity index (χ3v) is 3.15. The van der Waals surface area contributed by atoms with Gasteiger partial charge in [-0.25, -0.2) is 0 Å². The summed E-state index contributed by atoms with van der Waals surface area (Å²) >= 11 is 0. The molecule has 4 nitrogen and oxygen atoms in total. The minimum Gasteiger partial charge on any atom is -0.389 e. The van der Waals surface area contributed by atoms with E-state index in [0.717, 1.165) is 12.8 Å². The normalized spacial score (nSPS) is 14.0. The Labute approximate surface area is 108 Å². The molecule has 2 radical (unpaired) electrons. The van der Waals surface area contributed by atoms with E-state index in [4.69, 9.17) is 7.85 Å². The van der Waals surface area contributed by atoms with E-state index in [-0.39, 0.29) is 11.8 Å². The molecule has 2 amide bonds. The molecule has 0 aromatic heterocycles. The average Bonchev–Trinajstić information content (AvgIpc) is 2.59. The maximum atomic E-state index is 12.1. The molecule has 1 aromatic rings. The third-order valence-electron chi connectivity index (χ3n) is 3.15. The first-order chi connectivity index (χ1) is 8.60. The van der Waals surface area contributed by atoms with Crippen LogP contribution in [0.15, 0.2) is 12.1 Å². The smallest absolute Gasteiger partial charge is 0.261 e. The fourth-order valence-corrected chi connectivity index (χ4v) is 2.09. The first-order valence-electron chi connectivity index (χ1n) is 6.07. The topological polar surface area (TPSA) is 49.4 Å². The average molecular weight is 242 g/mol. The van der Waals surface area contributed by atoms with E-state index in [1.165, 1.54) is 4.90 Å². The van der Waals surface area contributed by atoms with Gasteiger partial charge in [0.1, 0.15) is 7.85 Å². The van der Waals surface area contributed by atoms with Gasteiger partial charge in [0.15, 0.2) is 0 Å². The number of nitrogens with one attached hydrogen (secondary N) is 1. The van der Waals surface area contributed by atoms with Crippen LogP contribution in [-0.4, -0.2) is 38.2 Å². The lowest BCUT2D eigenvalue weighted by atomic mass is 9.90. The summed E-state index contributed by atoms with van der Waals surface area (Å²) in [6, 6.07) is 3.23. The van der Waals surface area contributed by atoms with Crippen LogP contribution in [0.5, 0.6) is 0 Å². The molecule has 1 aliphatic rings. The molecular formula is C13H15BN2O2. The van der Waals surface area contributed by atoms with Gasteiger partial charge in [0.25, 0.3) is 11.8 Å². The standard InChI is InChI=1S/C13H15BN2O2/c1-3-4-5-16-12(17)8-6-10(14)11(15-2)7-9(8)13(16)18/h6-7,15H,3-5H2,1-2H3. The zero-order valence-corrected chi connectivity index (χ0v) is 10.6. The van der Waals surface area contributed by atoms with E-state index >= 15 is 0 Å². The van der Waals surface area contributed by atoms with Crippen molar-refractivity contribution in [3.8, 4) is 0 Å². The zero-order chi connectivity index (χ0) is 13.3. The third kappa shape index (κ3) is 1.90. The number of carbonyl (C=O) groups excluding carboxylic acids is 2. The van der Waals surface area contributed by atoms with Crippen molar-refractivity contribution in [1.29, 1.82) is 0 Å². The summed E-state index contributed by atoms with van der Waals surface area (Å²) in [7, 11) is 7.54. The van der Waals surface area contributed by atoms with Crippen LogP contribution >= 0.6 is 0 Å². The number of benzene rings is 1. The largest absolute Gasteiger partial charge is 0.389 e. The van der Waals surface area contributed by atoms with Gasteiger partial charge in [-0.2, -0.15) is 0 Å². The Morgan fingerprint density at radius 2 is 1.83 bits per heavy atom. The van der Waals surface area contributed by atoms with Crippen molar-refractivity contribution in [2.45, 2.75) is 19.8 Å². The Hall–Kier alpha value is -1.78. The van der Waals surface area contributed by atoms with Gasteiger partial charge in [0.2, 0.25) is 0 Å². The van der Waals surface area contributed by atoms with Gasteiger partial charge in [-0.3, -0.25) is 14.5 Å². The van der Waals surface area contributed by atoms with Gasteiger partial charge in [-0.1, -0.05) is 24.9 Å². The van der Waals surface area contributed by atoms with Crippen LogP contribution in [0.2, 0.25) is 0 Å². The summed E-state index contributed by atoms with van der Waals surface area (Å²) in [5, 5.41) is 2.91. The SMILES string of the molecule is [B]c1cc2c(cc1NC)C(=O)N(CCCC)C2=O. The first kappa shape index (κ1) is 12.7. The van der Waals surface area contributed by atoms with Crippen LogP contribution in [0.3, 0.4) is 0 Å². The van der Waals surface area contributed by atoms with Gasteiger partial charge in [0.05, 0.1) is 11.1 Å². The van der Waals surface area contributed by atoms with Crippen molar-refractivity contribution in [1.82, 2.24) is 4.90 Å². The molecule has 1 aliphatic heterocycles. The number of carbonyl (C=O) groups is 2. The van der Waals surface area contributed by atoms with Gasteiger partial charge in [-0.15, -0.1) is 0 Å². The number of imide groups is 1. The molecule has 0 bridgehead atoms. The summed E-state index contributed by atoms with van der Waals surface area (Å²) in [6.07, 6.45) is 1.76. The summed E-state index contributed by atoms with van der Waals surface area (Å²) in [5.74, 6) is -0.460. The summed E-state index contributed by atoms with van der Waals surface area (Å²) in [4.78, 5) is 25.5. The second kappa shape index (κ2) is 4.84. The van der Waals surface area contributed by atoms with Crippen molar-refractivity contribution in [2.24, 2.45) is 0 Å². The maximum Gasteiger partial charge on any atom is 0.261 e. The second-order valence-corrected chi connectivity index (χ2v) is 4.35. The fourth-order valence-electron chi connectivity index (χ4n) is 2.09. The maximum absolute atomic E-state index is 12.1. The molecular weight excluding hydrogens is 227 g/mol. The number of rotatable bonds is 4. The molecule has 92 valence electrons. The molecule has 0 saturated heterocycles. The van der Waals surface area contributed by atoms with E-state index in [2.05, 4.69) is 5.32 Å². The Morgan fingerprint density at radius 3 is 2.39 bits per heavy atom. The first-order valence-corrected chi connectivity index (χ1v) is 6.07. The minimum absolute atomic E-state index is 0.222. The number of hydrogen-bond donors (Lipinski definition) is 1. The molecule has 0 unspecified atom stereocenters. The number of hydrogen-bond acceptors (Lipinski definition) is 3. The lowest BCUT2D eigenvalue weighted by Gasteiger charge is -2.12. The molecule has 5 heteroatoms. The predicted octanol–water partition coefficient (Wildman–Crippen LogP) is 0.918. The van der Waals surface area contributed by atoms with Crippen LogP contribution in [0.4, 0.5) is 5.69 Å². The fraction of sp³-hybridized carbons (Fsp3) is 0.385. The quantitative estimate of drug-likeness (QED) is 0.630. The molecule has 0 saturated carbocycles. The lowest BCUT2D eigenvalue weighted by molar-refractivity contribution is 0.0652. The van der Waals surface area contributed by atoms with Crippen molar-refractivity contribution in [2.75, 3.05) is 18.9 Å². The molecule has 0 spiro atoms. The predicted molar refractivity (Wildman–Crippen MR) is 71.7 cm³/mol. The number of amides is 2. The van der Waals surface area contributed by atoms with Crippen molar-refractivity contribution in [3.63, 3.8) is 0 Å². The van der Waals surface area contributed by atoms with Crippen LogP contribution in [0.1, 0.15) is 40.5 Å². The van der Waals surface area contributed by atoms with Crippen LogP contribution in [0.25, 0.3) is 0 Å². The highest BCUT2D eigenvalue weighted by molar-refractivity contribution is 6.37. The highest BCUT2D eigenvalue weighted by atomic mass is 16.2. The Balaban J connectivity index is 2.39.